The Balaban J connectivity index is 1.36. The van der Waals surface area contributed by atoms with Gasteiger partial charge in [-0.3, -0.25) is 0 Å². The molecule has 5 atom stereocenters. The Bertz CT molecular complexity index is 231. The molecule has 0 bridgehead atoms. The minimum absolute atomic E-state index is 0.114. The number of epoxide rings is 2. The first-order valence-electron chi connectivity index (χ1n) is 6.29. The predicted octanol–water partition coefficient (Wildman–Crippen LogP) is 2.10. The Morgan fingerprint density at radius 3 is 2.93 bits per heavy atom. The van der Waals surface area contributed by atoms with Crippen molar-refractivity contribution in [2.24, 2.45) is 5.92 Å². The van der Waals surface area contributed by atoms with Crippen LogP contribution in [0.25, 0.3) is 0 Å². The molecule has 3 heteroatoms. The second-order valence-corrected chi connectivity index (χ2v) is 5.04. The summed E-state index contributed by atoms with van der Waals surface area (Å²) in [5.74, 6) is 0.814. The maximum Gasteiger partial charge on any atom is 0.184 e. The van der Waals surface area contributed by atoms with E-state index in [-0.39, 0.29) is 6.29 Å². The molecule has 0 aromatic rings. The van der Waals surface area contributed by atoms with Gasteiger partial charge in [-0.2, -0.15) is 0 Å². The van der Waals surface area contributed by atoms with Crippen LogP contribution in [0.4, 0.5) is 0 Å². The van der Waals surface area contributed by atoms with Gasteiger partial charge in [0.05, 0.1) is 12.2 Å². The average molecular weight is 212 g/mol. The summed E-state index contributed by atoms with van der Waals surface area (Å²) in [6, 6.07) is 0. The number of hydrogen-bond donors (Lipinski definition) is 0. The van der Waals surface area contributed by atoms with Gasteiger partial charge in [-0.05, 0) is 38.0 Å². The fraction of sp³-hybridized carbons (Fsp3) is 1.00. The van der Waals surface area contributed by atoms with Crippen LogP contribution in [0.3, 0.4) is 0 Å². The van der Waals surface area contributed by atoms with E-state index in [9.17, 15) is 0 Å². The summed E-state index contributed by atoms with van der Waals surface area (Å²) >= 11 is 0. The molecular weight excluding hydrogens is 192 g/mol. The molecule has 86 valence electrons. The lowest BCUT2D eigenvalue weighted by molar-refractivity contribution is 0.0507. The first-order chi connectivity index (χ1) is 7.36. The zero-order valence-corrected chi connectivity index (χ0v) is 9.35. The van der Waals surface area contributed by atoms with Gasteiger partial charge in [0.2, 0.25) is 0 Å². The minimum Gasteiger partial charge on any atom is -0.370 e. The Morgan fingerprint density at radius 2 is 2.13 bits per heavy atom. The summed E-state index contributed by atoms with van der Waals surface area (Å²) in [6.45, 7) is 2.96. The molecule has 0 radical (unpaired) electrons. The third-order valence-corrected chi connectivity index (χ3v) is 3.70. The first kappa shape index (κ1) is 10.1. The van der Waals surface area contributed by atoms with Gasteiger partial charge in [0.1, 0.15) is 6.10 Å². The number of rotatable bonds is 5. The van der Waals surface area contributed by atoms with Crippen LogP contribution in [-0.2, 0) is 14.2 Å². The maximum absolute atomic E-state index is 5.54. The van der Waals surface area contributed by atoms with E-state index in [1.165, 1.54) is 25.7 Å². The lowest BCUT2D eigenvalue weighted by Gasteiger charge is -2.17. The molecular formula is C12H20O3. The Kier molecular flexibility index (Phi) is 2.71. The third kappa shape index (κ3) is 2.35. The Morgan fingerprint density at radius 1 is 1.20 bits per heavy atom. The molecule has 3 fully saturated rings. The molecule has 3 aliphatic rings. The van der Waals surface area contributed by atoms with Crippen molar-refractivity contribution in [3.63, 3.8) is 0 Å². The van der Waals surface area contributed by atoms with Gasteiger partial charge in [-0.15, -0.1) is 0 Å². The normalized spacial score (nSPS) is 47.4. The zero-order chi connectivity index (χ0) is 10.3. The van der Waals surface area contributed by atoms with Crippen molar-refractivity contribution >= 4 is 0 Å². The van der Waals surface area contributed by atoms with Gasteiger partial charge in [-0.25, -0.2) is 0 Å². The summed E-state index contributed by atoms with van der Waals surface area (Å²) in [5.41, 5.74) is 0. The first-order valence-corrected chi connectivity index (χ1v) is 6.29. The molecule has 0 amide bonds. The summed E-state index contributed by atoms with van der Waals surface area (Å²) in [7, 11) is 0. The van der Waals surface area contributed by atoms with Crippen LogP contribution in [0.2, 0.25) is 0 Å². The van der Waals surface area contributed by atoms with Crippen molar-refractivity contribution in [2.75, 3.05) is 6.61 Å². The van der Waals surface area contributed by atoms with E-state index >= 15 is 0 Å². The lowest BCUT2D eigenvalue weighted by atomic mass is 9.86. The van der Waals surface area contributed by atoms with Crippen molar-refractivity contribution in [3.8, 4) is 0 Å². The second kappa shape index (κ2) is 4.04. The predicted molar refractivity (Wildman–Crippen MR) is 55.5 cm³/mol. The molecule has 3 nitrogen and oxygen atoms in total. The fourth-order valence-corrected chi connectivity index (χ4v) is 2.70. The highest BCUT2D eigenvalue weighted by atomic mass is 16.8. The van der Waals surface area contributed by atoms with E-state index in [2.05, 4.69) is 6.92 Å². The third-order valence-electron chi connectivity index (χ3n) is 3.70. The fourth-order valence-electron chi connectivity index (χ4n) is 2.70. The van der Waals surface area contributed by atoms with E-state index in [1.54, 1.807) is 0 Å². The van der Waals surface area contributed by atoms with Crippen LogP contribution in [0.5, 0.6) is 0 Å². The van der Waals surface area contributed by atoms with E-state index in [0.29, 0.717) is 18.3 Å². The minimum atomic E-state index is 0.114. The van der Waals surface area contributed by atoms with Crippen LogP contribution in [0.1, 0.15) is 39.0 Å². The summed E-state index contributed by atoms with van der Waals surface area (Å²) in [6.07, 6.45) is 7.81. The van der Waals surface area contributed by atoms with Crippen molar-refractivity contribution in [1.82, 2.24) is 0 Å². The van der Waals surface area contributed by atoms with E-state index < -0.39 is 0 Å². The Labute approximate surface area is 91.1 Å². The van der Waals surface area contributed by atoms with Gasteiger partial charge in [0.15, 0.2) is 6.29 Å². The Hall–Kier alpha value is -0.120. The van der Waals surface area contributed by atoms with E-state index in [4.69, 9.17) is 14.2 Å². The van der Waals surface area contributed by atoms with Crippen LogP contribution < -0.4 is 0 Å². The van der Waals surface area contributed by atoms with Crippen molar-refractivity contribution in [1.29, 1.82) is 0 Å². The molecule has 1 aliphatic carbocycles. The second-order valence-electron chi connectivity index (χ2n) is 5.04. The van der Waals surface area contributed by atoms with Crippen LogP contribution in [0.15, 0.2) is 0 Å². The molecule has 0 aromatic heterocycles. The SMILES string of the molecule is CCCOC1OC1CC1CCC2OC2C1. The highest BCUT2D eigenvalue weighted by Gasteiger charge is 2.47. The molecule has 0 aromatic carbocycles. The molecule has 3 rings (SSSR count). The molecule has 15 heavy (non-hydrogen) atoms. The van der Waals surface area contributed by atoms with Gasteiger partial charge in [0.25, 0.3) is 0 Å². The summed E-state index contributed by atoms with van der Waals surface area (Å²) in [4.78, 5) is 0. The highest BCUT2D eigenvalue weighted by Crippen LogP contribution is 2.43. The van der Waals surface area contributed by atoms with Crippen LogP contribution in [-0.4, -0.2) is 31.2 Å². The smallest absolute Gasteiger partial charge is 0.184 e. The largest absolute Gasteiger partial charge is 0.370 e. The number of ether oxygens (including phenoxy) is 3. The maximum atomic E-state index is 5.54. The molecule has 2 aliphatic heterocycles. The van der Waals surface area contributed by atoms with Crippen molar-refractivity contribution < 1.29 is 14.2 Å². The van der Waals surface area contributed by atoms with Gasteiger partial charge in [-0.1, -0.05) is 6.92 Å². The number of fused-ring (bicyclic) bond motifs is 1. The molecule has 2 heterocycles. The molecule has 1 saturated carbocycles. The van der Waals surface area contributed by atoms with Gasteiger partial charge >= 0.3 is 0 Å². The summed E-state index contributed by atoms with van der Waals surface area (Å²) < 4.78 is 16.6. The highest BCUT2D eigenvalue weighted by molar-refractivity contribution is 4.93. The standard InChI is InChI=1S/C12H20O3/c1-2-5-13-12-11(15-12)7-8-3-4-9-10(6-8)14-9/h8-12H,2-7H2,1H3. The molecule has 0 spiro atoms. The monoisotopic (exact) mass is 212 g/mol. The summed E-state index contributed by atoms with van der Waals surface area (Å²) in [5, 5.41) is 0. The van der Waals surface area contributed by atoms with Crippen LogP contribution >= 0.6 is 0 Å². The quantitative estimate of drug-likeness (QED) is 0.654. The van der Waals surface area contributed by atoms with Gasteiger partial charge < -0.3 is 14.2 Å². The lowest BCUT2D eigenvalue weighted by Crippen LogP contribution is -2.16. The van der Waals surface area contributed by atoms with Crippen LogP contribution in [0, 0.1) is 5.92 Å². The zero-order valence-electron chi connectivity index (χ0n) is 9.35. The average Bonchev–Trinajstić information content (AvgIpc) is 3.10. The molecule has 0 N–H and O–H groups in total. The number of hydrogen-bond acceptors (Lipinski definition) is 3. The molecule has 2 saturated heterocycles. The van der Waals surface area contributed by atoms with E-state index in [1.807, 2.05) is 0 Å². The topological polar surface area (TPSA) is 34.3 Å². The van der Waals surface area contributed by atoms with Gasteiger partial charge in [0, 0.05) is 6.61 Å². The van der Waals surface area contributed by atoms with Crippen molar-refractivity contribution in [2.45, 2.75) is 63.6 Å². The van der Waals surface area contributed by atoms with E-state index in [0.717, 1.165) is 18.9 Å². The van der Waals surface area contributed by atoms with Crippen molar-refractivity contribution in [3.05, 3.63) is 0 Å². The molecule has 5 unspecified atom stereocenters.